The van der Waals surface area contributed by atoms with Gasteiger partial charge in [0.2, 0.25) is 0 Å². The highest BCUT2D eigenvalue weighted by atomic mass is 15.1. The number of nitrogen functional groups attached to an aromatic ring is 1. The smallest absolute Gasteiger partial charge is 0.0480 e. The molecule has 1 aromatic heterocycles. The van der Waals surface area contributed by atoms with E-state index in [1.165, 1.54) is 22.2 Å². The molecule has 0 bridgehead atoms. The van der Waals surface area contributed by atoms with Crippen LogP contribution in [0.5, 0.6) is 0 Å². The molecule has 0 saturated carbocycles. The van der Waals surface area contributed by atoms with E-state index in [4.69, 9.17) is 5.73 Å². The van der Waals surface area contributed by atoms with Gasteiger partial charge in [-0.15, -0.1) is 0 Å². The van der Waals surface area contributed by atoms with Crippen LogP contribution in [0.2, 0.25) is 0 Å². The summed E-state index contributed by atoms with van der Waals surface area (Å²) >= 11 is 0. The van der Waals surface area contributed by atoms with Gasteiger partial charge in [-0.25, -0.2) is 0 Å². The Morgan fingerprint density at radius 3 is 2.86 bits per heavy atom. The molecule has 1 aliphatic rings. The van der Waals surface area contributed by atoms with Crippen molar-refractivity contribution in [3.05, 3.63) is 60.3 Å². The minimum atomic E-state index is 0.874. The maximum atomic E-state index is 5.87. The molecule has 0 radical (unpaired) electrons. The van der Waals surface area contributed by atoms with E-state index in [9.17, 15) is 0 Å². The number of nitrogens with zero attached hydrogens (tertiary/aromatic N) is 2. The maximum absolute atomic E-state index is 5.87. The average molecular weight is 291 g/mol. The predicted molar refractivity (Wildman–Crippen MR) is 93.3 cm³/mol. The lowest BCUT2D eigenvalue weighted by atomic mass is 10.1. The number of anilines is 2. The fourth-order valence-electron chi connectivity index (χ4n) is 3.49. The molecule has 0 atom stereocenters. The topological polar surface area (TPSA) is 34.2 Å². The molecule has 2 N–H and O–H groups in total. The van der Waals surface area contributed by atoms with Crippen molar-refractivity contribution < 1.29 is 0 Å². The molecule has 2 heterocycles. The van der Waals surface area contributed by atoms with Gasteiger partial charge >= 0.3 is 0 Å². The van der Waals surface area contributed by atoms with Crippen molar-refractivity contribution in [2.45, 2.75) is 19.4 Å². The first-order valence-corrected chi connectivity index (χ1v) is 7.98. The molecule has 0 saturated heterocycles. The summed E-state index contributed by atoms with van der Waals surface area (Å²) in [7, 11) is 0. The van der Waals surface area contributed by atoms with E-state index in [0.717, 1.165) is 38.2 Å². The number of rotatable bonds is 4. The molecule has 2 aromatic carbocycles. The van der Waals surface area contributed by atoms with Crippen LogP contribution in [0, 0.1) is 0 Å². The Morgan fingerprint density at radius 2 is 1.91 bits per heavy atom. The average Bonchev–Trinajstić information content (AvgIpc) is 3.12. The quantitative estimate of drug-likeness (QED) is 0.744. The van der Waals surface area contributed by atoms with Gasteiger partial charge in [-0.3, -0.25) is 0 Å². The van der Waals surface area contributed by atoms with Crippen LogP contribution in [0.1, 0.15) is 12.0 Å². The molecule has 0 fully saturated rings. The van der Waals surface area contributed by atoms with E-state index in [1.807, 2.05) is 6.07 Å². The van der Waals surface area contributed by atoms with E-state index in [1.54, 1.807) is 0 Å². The minimum Gasteiger partial charge on any atom is -0.399 e. The number of hydrogen-bond acceptors (Lipinski definition) is 2. The molecule has 4 rings (SSSR count). The number of aromatic nitrogens is 1. The lowest BCUT2D eigenvalue weighted by molar-refractivity contribution is 0.645. The second-order valence-corrected chi connectivity index (χ2v) is 6.05. The van der Waals surface area contributed by atoms with Crippen molar-refractivity contribution in [3.63, 3.8) is 0 Å². The third-order valence-corrected chi connectivity index (χ3v) is 4.60. The van der Waals surface area contributed by atoms with E-state index >= 15 is 0 Å². The molecule has 22 heavy (non-hydrogen) atoms. The molecular formula is C19H21N3. The Morgan fingerprint density at radius 1 is 1.00 bits per heavy atom. The van der Waals surface area contributed by atoms with Crippen molar-refractivity contribution in [3.8, 4) is 0 Å². The van der Waals surface area contributed by atoms with E-state index in [2.05, 4.69) is 58.1 Å². The Labute approximate surface area is 131 Å². The summed E-state index contributed by atoms with van der Waals surface area (Å²) in [6.45, 7) is 3.28. The zero-order chi connectivity index (χ0) is 14.9. The lowest BCUT2D eigenvalue weighted by Gasteiger charge is -2.19. The van der Waals surface area contributed by atoms with Crippen LogP contribution in [0.15, 0.2) is 54.7 Å². The second-order valence-electron chi connectivity index (χ2n) is 6.05. The van der Waals surface area contributed by atoms with Crippen LogP contribution in [0.4, 0.5) is 11.4 Å². The van der Waals surface area contributed by atoms with Gasteiger partial charge in [-0.05, 0) is 54.1 Å². The SMILES string of the molecule is Nc1ccc2c(c1)CCN2CCCn1ccc2ccccc21. The molecule has 0 amide bonds. The Hall–Kier alpha value is -2.42. The number of nitrogens with two attached hydrogens (primary N) is 1. The molecule has 0 unspecified atom stereocenters. The standard InChI is InChI=1S/C19H21N3/c20-17-6-7-19-16(14-17)9-13-22(19)11-3-10-21-12-8-15-4-1-2-5-18(15)21/h1-2,4-8,12,14H,3,9-11,13,20H2. The second kappa shape index (κ2) is 5.41. The third-order valence-electron chi connectivity index (χ3n) is 4.60. The summed E-state index contributed by atoms with van der Waals surface area (Å²) in [5, 5.41) is 1.32. The first kappa shape index (κ1) is 13.3. The number of benzene rings is 2. The fourth-order valence-corrected chi connectivity index (χ4v) is 3.49. The van der Waals surface area contributed by atoms with Crippen LogP contribution >= 0.6 is 0 Å². The molecule has 1 aliphatic heterocycles. The molecule has 3 nitrogen and oxygen atoms in total. The number of para-hydroxylation sites is 1. The van der Waals surface area contributed by atoms with Crippen LogP contribution in [0.25, 0.3) is 10.9 Å². The normalized spacial score (nSPS) is 13.7. The van der Waals surface area contributed by atoms with Crippen LogP contribution in [-0.4, -0.2) is 17.7 Å². The Balaban J connectivity index is 1.42. The molecule has 112 valence electrons. The lowest BCUT2D eigenvalue weighted by Crippen LogP contribution is -2.22. The van der Waals surface area contributed by atoms with Crippen LogP contribution in [0.3, 0.4) is 0 Å². The summed E-state index contributed by atoms with van der Waals surface area (Å²) < 4.78 is 2.36. The largest absolute Gasteiger partial charge is 0.399 e. The van der Waals surface area contributed by atoms with E-state index in [0.29, 0.717) is 0 Å². The summed E-state index contributed by atoms with van der Waals surface area (Å²) in [6, 6.07) is 17.1. The van der Waals surface area contributed by atoms with Crippen molar-refractivity contribution in [2.24, 2.45) is 0 Å². The number of hydrogen-bond donors (Lipinski definition) is 1. The van der Waals surface area contributed by atoms with Gasteiger partial charge in [0, 0.05) is 42.7 Å². The highest BCUT2D eigenvalue weighted by molar-refractivity contribution is 5.79. The van der Waals surface area contributed by atoms with Crippen molar-refractivity contribution in [1.82, 2.24) is 4.57 Å². The van der Waals surface area contributed by atoms with Gasteiger partial charge in [0.05, 0.1) is 0 Å². The van der Waals surface area contributed by atoms with Gasteiger partial charge in [0.15, 0.2) is 0 Å². The van der Waals surface area contributed by atoms with Gasteiger partial charge in [-0.1, -0.05) is 18.2 Å². The molecule has 3 heteroatoms. The molecule has 0 spiro atoms. The molecular weight excluding hydrogens is 270 g/mol. The summed E-state index contributed by atoms with van der Waals surface area (Å²) in [4.78, 5) is 2.49. The van der Waals surface area contributed by atoms with Crippen molar-refractivity contribution in [1.29, 1.82) is 0 Å². The molecule has 0 aliphatic carbocycles. The van der Waals surface area contributed by atoms with E-state index in [-0.39, 0.29) is 0 Å². The predicted octanol–water partition coefficient (Wildman–Crippen LogP) is 3.68. The zero-order valence-corrected chi connectivity index (χ0v) is 12.7. The monoisotopic (exact) mass is 291 g/mol. The van der Waals surface area contributed by atoms with Gasteiger partial charge in [0.1, 0.15) is 0 Å². The molecule has 3 aromatic rings. The summed E-state index contributed by atoms with van der Waals surface area (Å²) in [5.74, 6) is 0. The number of fused-ring (bicyclic) bond motifs is 2. The minimum absolute atomic E-state index is 0.874. The first-order valence-electron chi connectivity index (χ1n) is 7.98. The maximum Gasteiger partial charge on any atom is 0.0480 e. The first-order chi connectivity index (χ1) is 10.8. The van der Waals surface area contributed by atoms with Gasteiger partial charge in [-0.2, -0.15) is 0 Å². The summed E-state index contributed by atoms with van der Waals surface area (Å²) in [6.07, 6.45) is 4.47. The van der Waals surface area contributed by atoms with Gasteiger partial charge in [0.25, 0.3) is 0 Å². The third kappa shape index (κ3) is 2.33. The van der Waals surface area contributed by atoms with Crippen LogP contribution < -0.4 is 10.6 Å². The summed E-state index contributed by atoms with van der Waals surface area (Å²) in [5.41, 5.74) is 10.8. The van der Waals surface area contributed by atoms with E-state index < -0.39 is 0 Å². The fraction of sp³-hybridized carbons (Fsp3) is 0.263. The number of aryl methyl sites for hydroxylation is 1. The van der Waals surface area contributed by atoms with Crippen LogP contribution in [-0.2, 0) is 13.0 Å². The van der Waals surface area contributed by atoms with Crippen molar-refractivity contribution >= 4 is 22.3 Å². The Kier molecular flexibility index (Phi) is 3.26. The highest BCUT2D eigenvalue weighted by Crippen LogP contribution is 2.29. The van der Waals surface area contributed by atoms with Gasteiger partial charge < -0.3 is 15.2 Å². The Bertz CT molecular complexity index is 803. The van der Waals surface area contributed by atoms with Crippen molar-refractivity contribution in [2.75, 3.05) is 23.7 Å². The zero-order valence-electron chi connectivity index (χ0n) is 12.7. The highest BCUT2D eigenvalue weighted by Gasteiger charge is 2.18.